The number of nitrogens with one attached hydrogen (secondary N) is 1. The number of nitrogens with two attached hydrogens (primary N) is 1. The highest BCUT2D eigenvalue weighted by molar-refractivity contribution is 9.10. The van der Waals surface area contributed by atoms with E-state index in [-0.39, 0.29) is 12.1 Å². The Bertz CT molecular complexity index is 331. The molecule has 0 saturated heterocycles. The second kappa shape index (κ2) is 5.19. The zero-order valence-electron chi connectivity index (χ0n) is 7.23. The zero-order chi connectivity index (χ0) is 10.6. The molecule has 1 rings (SSSR count). The van der Waals surface area contributed by atoms with Crippen LogP contribution in [0.3, 0.4) is 0 Å². The van der Waals surface area contributed by atoms with Gasteiger partial charge in [0, 0.05) is 16.6 Å². The molecule has 3 N–H and O–H groups in total. The Hall–Kier alpha value is -0.780. The molecule has 0 fully saturated rings. The van der Waals surface area contributed by atoms with E-state index >= 15 is 0 Å². The predicted octanol–water partition coefficient (Wildman–Crippen LogP) is 2.52. The summed E-state index contributed by atoms with van der Waals surface area (Å²) < 4.78 is 25.7. The van der Waals surface area contributed by atoms with Crippen LogP contribution < -0.4 is 11.3 Å². The van der Waals surface area contributed by atoms with Gasteiger partial charge in [-0.05, 0) is 17.7 Å². The Balaban J connectivity index is 3.01. The molecule has 2 nitrogen and oxygen atoms in total. The Morgan fingerprint density at radius 2 is 1.86 bits per heavy atom. The number of benzene rings is 1. The first-order chi connectivity index (χ1) is 6.65. The lowest BCUT2D eigenvalue weighted by Crippen LogP contribution is -2.24. The second-order valence-electron chi connectivity index (χ2n) is 2.63. The molecule has 0 amide bonds. The van der Waals surface area contributed by atoms with E-state index in [2.05, 4.69) is 21.4 Å². The lowest BCUT2D eigenvalue weighted by Gasteiger charge is -2.05. The number of hydrogen-bond acceptors (Lipinski definition) is 2. The monoisotopic (exact) mass is 262 g/mol. The van der Waals surface area contributed by atoms with Crippen LogP contribution in [0.4, 0.5) is 8.78 Å². The van der Waals surface area contributed by atoms with Crippen molar-refractivity contribution in [2.24, 2.45) is 5.84 Å². The van der Waals surface area contributed by atoms with Gasteiger partial charge in [-0.15, -0.1) is 0 Å². The first-order valence-electron chi connectivity index (χ1n) is 3.88. The lowest BCUT2D eigenvalue weighted by molar-refractivity contribution is 0.423. The van der Waals surface area contributed by atoms with Crippen LogP contribution in [0, 0.1) is 0 Å². The van der Waals surface area contributed by atoms with Gasteiger partial charge in [0.25, 0.3) is 6.08 Å². The standard InChI is InChI=1S/C9H9BrF2N2/c10-7-3-1-6(2-4-7)8(5-14-13)9(11)12/h1-4,14H,5,13H2. The maximum absolute atomic E-state index is 12.4. The summed E-state index contributed by atoms with van der Waals surface area (Å²) in [7, 11) is 0. The molecule has 0 radical (unpaired) electrons. The van der Waals surface area contributed by atoms with E-state index in [4.69, 9.17) is 5.84 Å². The van der Waals surface area contributed by atoms with E-state index in [1.165, 1.54) is 0 Å². The van der Waals surface area contributed by atoms with Crippen LogP contribution in [0.1, 0.15) is 5.56 Å². The third kappa shape index (κ3) is 2.87. The molecule has 1 aromatic carbocycles. The largest absolute Gasteiger partial charge is 0.275 e. The minimum absolute atomic E-state index is 0.0516. The van der Waals surface area contributed by atoms with Crippen molar-refractivity contribution in [1.82, 2.24) is 5.43 Å². The van der Waals surface area contributed by atoms with Gasteiger partial charge in [0.15, 0.2) is 0 Å². The van der Waals surface area contributed by atoms with Crippen LogP contribution in [0.5, 0.6) is 0 Å². The molecule has 0 atom stereocenters. The highest BCUT2D eigenvalue weighted by Gasteiger charge is 2.07. The molecule has 76 valence electrons. The summed E-state index contributed by atoms with van der Waals surface area (Å²) in [5, 5.41) is 0. The van der Waals surface area contributed by atoms with Crippen molar-refractivity contribution in [3.63, 3.8) is 0 Å². The summed E-state index contributed by atoms with van der Waals surface area (Å²) in [6.07, 6.45) is -1.72. The van der Waals surface area contributed by atoms with Crippen molar-refractivity contribution in [3.8, 4) is 0 Å². The van der Waals surface area contributed by atoms with Crippen LogP contribution in [0.2, 0.25) is 0 Å². The van der Waals surface area contributed by atoms with Crippen molar-refractivity contribution in [1.29, 1.82) is 0 Å². The van der Waals surface area contributed by atoms with Crippen molar-refractivity contribution in [2.45, 2.75) is 0 Å². The summed E-state index contributed by atoms with van der Waals surface area (Å²) in [6, 6.07) is 6.62. The van der Waals surface area contributed by atoms with Gasteiger partial charge in [-0.1, -0.05) is 28.1 Å². The maximum atomic E-state index is 12.4. The second-order valence-corrected chi connectivity index (χ2v) is 3.54. The normalized spacial score (nSPS) is 10.0. The van der Waals surface area contributed by atoms with Gasteiger partial charge in [0.1, 0.15) is 0 Å². The fourth-order valence-electron chi connectivity index (χ4n) is 1.03. The quantitative estimate of drug-likeness (QED) is 0.649. The summed E-state index contributed by atoms with van der Waals surface area (Å²) in [5.74, 6) is 5.01. The average Bonchev–Trinajstić information content (AvgIpc) is 2.15. The van der Waals surface area contributed by atoms with Crippen molar-refractivity contribution < 1.29 is 8.78 Å². The molecule has 5 heteroatoms. The summed E-state index contributed by atoms with van der Waals surface area (Å²) >= 11 is 3.23. The molecule has 1 aromatic rings. The van der Waals surface area contributed by atoms with Crippen LogP contribution in [-0.2, 0) is 0 Å². The molecule has 0 heterocycles. The molecule has 0 aliphatic heterocycles. The number of hydrogen-bond donors (Lipinski definition) is 2. The Morgan fingerprint density at radius 1 is 1.29 bits per heavy atom. The number of hydrazine groups is 1. The molecule has 0 saturated carbocycles. The smallest absolute Gasteiger partial charge is 0.271 e. The first kappa shape index (κ1) is 11.3. The van der Waals surface area contributed by atoms with Gasteiger partial charge in [-0.2, -0.15) is 8.78 Å². The average molecular weight is 263 g/mol. The Morgan fingerprint density at radius 3 is 2.29 bits per heavy atom. The minimum atomic E-state index is -1.72. The van der Waals surface area contributed by atoms with Crippen LogP contribution in [-0.4, -0.2) is 6.54 Å². The van der Waals surface area contributed by atoms with E-state index in [9.17, 15) is 8.78 Å². The summed E-state index contributed by atoms with van der Waals surface area (Å²) in [4.78, 5) is 0. The molecule has 0 aliphatic carbocycles. The van der Waals surface area contributed by atoms with Crippen molar-refractivity contribution in [2.75, 3.05) is 6.54 Å². The van der Waals surface area contributed by atoms with Gasteiger partial charge in [0.2, 0.25) is 0 Å². The Labute approximate surface area is 88.9 Å². The molecular weight excluding hydrogens is 254 g/mol. The van der Waals surface area contributed by atoms with E-state index in [1.54, 1.807) is 24.3 Å². The summed E-state index contributed by atoms with van der Waals surface area (Å²) in [5.41, 5.74) is 2.59. The number of rotatable bonds is 3. The van der Waals surface area contributed by atoms with Gasteiger partial charge in [0.05, 0.1) is 0 Å². The third-order valence-corrected chi connectivity index (χ3v) is 2.23. The fourth-order valence-corrected chi connectivity index (χ4v) is 1.30. The van der Waals surface area contributed by atoms with Crippen molar-refractivity contribution in [3.05, 3.63) is 40.4 Å². The van der Waals surface area contributed by atoms with Crippen LogP contribution in [0.25, 0.3) is 5.57 Å². The van der Waals surface area contributed by atoms with Gasteiger partial charge in [-0.25, -0.2) is 0 Å². The van der Waals surface area contributed by atoms with E-state index in [0.29, 0.717) is 5.56 Å². The molecule has 0 spiro atoms. The maximum Gasteiger partial charge on any atom is 0.275 e. The van der Waals surface area contributed by atoms with Crippen LogP contribution in [0.15, 0.2) is 34.8 Å². The lowest BCUT2D eigenvalue weighted by atomic mass is 10.1. The van der Waals surface area contributed by atoms with E-state index in [0.717, 1.165) is 4.47 Å². The van der Waals surface area contributed by atoms with Gasteiger partial charge < -0.3 is 0 Å². The number of halogens is 3. The summed E-state index contributed by atoms with van der Waals surface area (Å²) in [6.45, 7) is -0.0516. The van der Waals surface area contributed by atoms with Crippen LogP contribution >= 0.6 is 15.9 Å². The highest BCUT2D eigenvalue weighted by Crippen LogP contribution is 2.21. The highest BCUT2D eigenvalue weighted by atomic mass is 79.9. The first-order valence-corrected chi connectivity index (χ1v) is 4.68. The predicted molar refractivity (Wildman–Crippen MR) is 55.5 cm³/mol. The molecule has 0 unspecified atom stereocenters. The fraction of sp³-hybridized carbons (Fsp3) is 0.111. The molecule has 0 bridgehead atoms. The van der Waals surface area contributed by atoms with E-state index < -0.39 is 6.08 Å². The zero-order valence-corrected chi connectivity index (χ0v) is 8.81. The molecule has 14 heavy (non-hydrogen) atoms. The third-order valence-electron chi connectivity index (χ3n) is 1.70. The van der Waals surface area contributed by atoms with Gasteiger partial charge in [-0.3, -0.25) is 11.3 Å². The SMILES string of the molecule is NNCC(=C(F)F)c1ccc(Br)cc1. The molecular formula is C9H9BrF2N2. The topological polar surface area (TPSA) is 38.0 Å². The van der Waals surface area contributed by atoms with Crippen molar-refractivity contribution >= 4 is 21.5 Å². The van der Waals surface area contributed by atoms with Gasteiger partial charge >= 0.3 is 0 Å². The Kier molecular flexibility index (Phi) is 4.19. The molecule has 0 aromatic heterocycles. The van der Waals surface area contributed by atoms with E-state index in [1.807, 2.05) is 0 Å². The molecule has 0 aliphatic rings. The minimum Gasteiger partial charge on any atom is -0.271 e.